The number of hydrogen-bond donors (Lipinski definition) is 2. The summed E-state index contributed by atoms with van der Waals surface area (Å²) in [6.07, 6.45) is 5.15. The number of rotatable bonds is 7. The number of carbonyl (C=O) groups excluding carboxylic acids is 1. The highest BCUT2D eigenvalue weighted by atomic mass is 33.1. The Morgan fingerprint density at radius 2 is 2.35 bits per heavy atom. The van der Waals surface area contributed by atoms with Crippen LogP contribution in [0, 0.1) is 0 Å². The molecule has 1 amide bonds. The van der Waals surface area contributed by atoms with Crippen LogP contribution in [0.5, 0.6) is 0 Å². The van der Waals surface area contributed by atoms with Gasteiger partial charge in [0.25, 0.3) is 0 Å². The van der Waals surface area contributed by atoms with Crippen molar-refractivity contribution in [3.8, 4) is 0 Å². The standard InChI is InChI=1S/C13H22N4OS2/c1-9(2)12-15-13(17-16-12)14-11(18)6-4-3-5-10-7-8-19-20-10/h9-10H,3-8H2,1-2H3,(H2,14,15,16,17,18)/t10-/m1/s1. The third-order valence-corrected chi connectivity index (χ3v) is 6.21. The molecule has 0 unspecified atom stereocenters. The minimum atomic E-state index is 0.00718. The first kappa shape index (κ1) is 15.7. The Kier molecular flexibility index (Phi) is 6.22. The Balaban J connectivity index is 1.61. The number of H-pyrrole nitrogens is 1. The van der Waals surface area contributed by atoms with Gasteiger partial charge in [-0.15, -0.1) is 5.10 Å². The molecule has 1 fully saturated rings. The lowest BCUT2D eigenvalue weighted by Crippen LogP contribution is -2.12. The fourth-order valence-corrected chi connectivity index (χ4v) is 5.03. The molecule has 1 aromatic rings. The summed E-state index contributed by atoms with van der Waals surface area (Å²) in [4.78, 5) is 16.0. The number of anilines is 1. The van der Waals surface area contributed by atoms with Crippen LogP contribution in [0.1, 0.15) is 57.7 Å². The van der Waals surface area contributed by atoms with E-state index < -0.39 is 0 Å². The quantitative estimate of drug-likeness (QED) is 0.594. The Morgan fingerprint density at radius 1 is 1.50 bits per heavy atom. The summed E-state index contributed by atoms with van der Waals surface area (Å²) in [7, 11) is 3.97. The lowest BCUT2D eigenvalue weighted by Gasteiger charge is -2.06. The van der Waals surface area contributed by atoms with Crippen molar-refractivity contribution in [3.63, 3.8) is 0 Å². The smallest absolute Gasteiger partial charge is 0.248 e. The van der Waals surface area contributed by atoms with Gasteiger partial charge in [-0.05, 0) is 19.3 Å². The zero-order valence-electron chi connectivity index (χ0n) is 12.0. The van der Waals surface area contributed by atoms with Crippen molar-refractivity contribution >= 4 is 33.4 Å². The highest BCUT2D eigenvalue weighted by Crippen LogP contribution is 2.39. The maximum Gasteiger partial charge on any atom is 0.248 e. The molecule has 2 N–H and O–H groups in total. The lowest BCUT2D eigenvalue weighted by molar-refractivity contribution is -0.116. The number of aromatic amines is 1. The second-order valence-electron chi connectivity index (χ2n) is 5.32. The number of nitrogens with one attached hydrogen (secondary N) is 2. The molecular weight excluding hydrogens is 292 g/mol. The molecule has 0 spiro atoms. The van der Waals surface area contributed by atoms with Crippen molar-refractivity contribution in [1.82, 2.24) is 15.2 Å². The van der Waals surface area contributed by atoms with E-state index in [-0.39, 0.29) is 11.8 Å². The van der Waals surface area contributed by atoms with Crippen molar-refractivity contribution in [2.24, 2.45) is 0 Å². The van der Waals surface area contributed by atoms with Gasteiger partial charge in [-0.1, -0.05) is 41.9 Å². The van der Waals surface area contributed by atoms with E-state index in [4.69, 9.17) is 0 Å². The summed E-state index contributed by atoms with van der Waals surface area (Å²) in [6.45, 7) is 4.07. The number of hydrogen-bond acceptors (Lipinski definition) is 5. The summed E-state index contributed by atoms with van der Waals surface area (Å²) in [5, 5.41) is 10.4. The molecule has 0 bridgehead atoms. The summed E-state index contributed by atoms with van der Waals surface area (Å²) in [5.74, 6) is 2.76. The molecule has 0 radical (unpaired) electrons. The molecule has 1 atom stereocenters. The zero-order chi connectivity index (χ0) is 14.4. The number of nitrogens with zero attached hydrogens (tertiary/aromatic N) is 2. The number of unbranched alkanes of at least 4 members (excludes halogenated alkanes) is 1. The molecular formula is C13H22N4OS2. The van der Waals surface area contributed by atoms with Gasteiger partial charge in [0.15, 0.2) is 0 Å². The molecule has 0 aliphatic carbocycles. The summed E-state index contributed by atoms with van der Waals surface area (Å²) in [6, 6.07) is 0. The fraction of sp³-hybridized carbons (Fsp3) is 0.769. The van der Waals surface area contributed by atoms with Gasteiger partial charge in [0.1, 0.15) is 5.82 Å². The van der Waals surface area contributed by atoms with E-state index in [1.54, 1.807) is 0 Å². The summed E-state index contributed by atoms with van der Waals surface area (Å²) >= 11 is 0. The predicted molar refractivity (Wildman–Crippen MR) is 86.0 cm³/mol. The highest BCUT2D eigenvalue weighted by molar-refractivity contribution is 8.77. The van der Waals surface area contributed by atoms with E-state index in [1.807, 2.05) is 35.4 Å². The SMILES string of the molecule is CC(C)c1nc(NC(=O)CCCC[C@@H]2CCSS2)n[nH]1. The first-order chi connectivity index (χ1) is 9.65. The van der Waals surface area contributed by atoms with Gasteiger partial charge in [-0.2, -0.15) is 4.98 Å². The van der Waals surface area contributed by atoms with Crippen LogP contribution in [0.4, 0.5) is 5.95 Å². The summed E-state index contributed by atoms with van der Waals surface area (Å²) < 4.78 is 0. The third kappa shape index (κ3) is 5.01. The second kappa shape index (κ2) is 7.93. The minimum absolute atomic E-state index is 0.00718. The Morgan fingerprint density at radius 3 is 3.00 bits per heavy atom. The van der Waals surface area contributed by atoms with Crippen LogP contribution in [-0.2, 0) is 4.79 Å². The van der Waals surface area contributed by atoms with Crippen molar-refractivity contribution in [1.29, 1.82) is 0 Å². The average molecular weight is 314 g/mol. The maximum absolute atomic E-state index is 11.8. The number of amides is 1. The first-order valence-electron chi connectivity index (χ1n) is 7.15. The van der Waals surface area contributed by atoms with E-state index in [2.05, 4.69) is 20.5 Å². The molecule has 7 heteroatoms. The third-order valence-electron chi connectivity index (χ3n) is 3.21. The Hall–Kier alpha value is -0.690. The molecule has 1 saturated heterocycles. The van der Waals surface area contributed by atoms with Gasteiger partial charge >= 0.3 is 0 Å². The van der Waals surface area contributed by atoms with E-state index in [1.165, 1.54) is 18.6 Å². The van der Waals surface area contributed by atoms with Crippen LogP contribution in [0.15, 0.2) is 0 Å². The molecule has 0 aromatic carbocycles. The van der Waals surface area contributed by atoms with E-state index in [0.29, 0.717) is 12.4 Å². The molecule has 2 heterocycles. The molecule has 112 valence electrons. The first-order valence-corrected chi connectivity index (χ1v) is 9.54. The second-order valence-corrected chi connectivity index (χ2v) is 8.11. The highest BCUT2D eigenvalue weighted by Gasteiger charge is 2.16. The fourth-order valence-electron chi connectivity index (χ4n) is 2.00. The molecule has 0 saturated carbocycles. The van der Waals surface area contributed by atoms with Gasteiger partial charge in [0.05, 0.1) is 0 Å². The van der Waals surface area contributed by atoms with Gasteiger partial charge in [0.2, 0.25) is 11.9 Å². The van der Waals surface area contributed by atoms with Crippen LogP contribution >= 0.6 is 21.6 Å². The number of carbonyl (C=O) groups is 1. The predicted octanol–water partition coefficient (Wildman–Crippen LogP) is 3.58. The van der Waals surface area contributed by atoms with Crippen molar-refractivity contribution in [2.75, 3.05) is 11.1 Å². The maximum atomic E-state index is 11.8. The van der Waals surface area contributed by atoms with E-state index >= 15 is 0 Å². The monoisotopic (exact) mass is 314 g/mol. The Bertz CT molecular complexity index is 430. The molecule has 1 aromatic heterocycles. The van der Waals surface area contributed by atoms with Crippen molar-refractivity contribution in [3.05, 3.63) is 5.82 Å². The Labute approximate surface area is 127 Å². The topological polar surface area (TPSA) is 70.7 Å². The van der Waals surface area contributed by atoms with Gasteiger partial charge < -0.3 is 0 Å². The van der Waals surface area contributed by atoms with Crippen molar-refractivity contribution in [2.45, 2.75) is 57.1 Å². The molecule has 2 rings (SSSR count). The lowest BCUT2D eigenvalue weighted by atomic mass is 10.1. The van der Waals surface area contributed by atoms with Crippen molar-refractivity contribution < 1.29 is 4.79 Å². The molecule has 5 nitrogen and oxygen atoms in total. The van der Waals surface area contributed by atoms with E-state index in [9.17, 15) is 4.79 Å². The molecule has 1 aliphatic rings. The summed E-state index contributed by atoms with van der Waals surface area (Å²) in [5.41, 5.74) is 0. The van der Waals surface area contributed by atoms with Crippen LogP contribution in [0.25, 0.3) is 0 Å². The van der Waals surface area contributed by atoms with Crippen LogP contribution in [0.3, 0.4) is 0 Å². The van der Waals surface area contributed by atoms with Gasteiger partial charge in [-0.3, -0.25) is 15.2 Å². The zero-order valence-corrected chi connectivity index (χ0v) is 13.6. The number of aromatic nitrogens is 3. The largest absolute Gasteiger partial charge is 0.293 e. The molecule has 20 heavy (non-hydrogen) atoms. The van der Waals surface area contributed by atoms with Crippen LogP contribution < -0.4 is 5.32 Å². The molecule has 1 aliphatic heterocycles. The minimum Gasteiger partial charge on any atom is -0.293 e. The van der Waals surface area contributed by atoms with E-state index in [0.717, 1.165) is 23.9 Å². The van der Waals surface area contributed by atoms with Crippen LogP contribution in [0.2, 0.25) is 0 Å². The van der Waals surface area contributed by atoms with Gasteiger partial charge in [-0.25, -0.2) is 0 Å². The van der Waals surface area contributed by atoms with Gasteiger partial charge in [0, 0.05) is 23.3 Å². The van der Waals surface area contributed by atoms with Crippen LogP contribution in [-0.4, -0.2) is 32.1 Å². The normalized spacial score (nSPS) is 18.6. The average Bonchev–Trinajstić information content (AvgIpc) is 3.05.